The van der Waals surface area contributed by atoms with Crippen molar-refractivity contribution in [2.75, 3.05) is 0 Å². The van der Waals surface area contributed by atoms with Crippen LogP contribution < -0.4 is 4.74 Å². The Bertz CT molecular complexity index is 346. The second kappa shape index (κ2) is 4.79. The molecule has 0 spiro atoms. The number of aromatic carboxylic acids is 1. The first kappa shape index (κ1) is 11.5. The van der Waals surface area contributed by atoms with E-state index >= 15 is 0 Å². The van der Waals surface area contributed by atoms with E-state index in [0.29, 0.717) is 5.75 Å². The lowest BCUT2D eigenvalue weighted by atomic mass is 10.2. The lowest BCUT2D eigenvalue weighted by Crippen LogP contribution is -2.22. The number of carbonyl (C=O) groups is 1. The van der Waals surface area contributed by atoms with Crippen molar-refractivity contribution in [1.29, 1.82) is 0 Å². The number of hydrogen-bond acceptors (Lipinski definition) is 3. The summed E-state index contributed by atoms with van der Waals surface area (Å²) in [7, 11) is 0. The molecule has 0 aliphatic rings. The molecular weight excluding hydrogens is 196 g/mol. The third-order valence-corrected chi connectivity index (χ3v) is 1.91. The second-order valence-corrected chi connectivity index (χ2v) is 3.59. The standard InChI is InChI=1S/C11H14O4/c1-7(2)11(14)15-9-5-3-4-8(6-9)10(12)13/h3-7,11,14H,1-2H3,(H,12,13). The van der Waals surface area contributed by atoms with E-state index in [2.05, 4.69) is 0 Å². The molecule has 2 N–H and O–H groups in total. The average molecular weight is 210 g/mol. The van der Waals surface area contributed by atoms with Crippen LogP contribution in [0.2, 0.25) is 0 Å². The van der Waals surface area contributed by atoms with Crippen molar-refractivity contribution < 1.29 is 19.7 Å². The van der Waals surface area contributed by atoms with E-state index in [1.54, 1.807) is 12.1 Å². The Morgan fingerprint density at radius 3 is 2.60 bits per heavy atom. The van der Waals surface area contributed by atoms with Gasteiger partial charge in [0.1, 0.15) is 5.75 Å². The molecule has 0 heterocycles. The summed E-state index contributed by atoms with van der Waals surface area (Å²) in [6.45, 7) is 3.62. The highest BCUT2D eigenvalue weighted by molar-refractivity contribution is 5.87. The number of aliphatic hydroxyl groups excluding tert-OH is 1. The predicted octanol–water partition coefficient (Wildman–Crippen LogP) is 1.74. The molecule has 0 saturated heterocycles. The molecule has 0 fully saturated rings. The number of rotatable bonds is 4. The lowest BCUT2D eigenvalue weighted by Gasteiger charge is -2.16. The summed E-state index contributed by atoms with van der Waals surface area (Å²) < 4.78 is 5.16. The van der Waals surface area contributed by atoms with Gasteiger partial charge in [-0.3, -0.25) is 0 Å². The Kier molecular flexibility index (Phi) is 3.68. The van der Waals surface area contributed by atoms with Gasteiger partial charge in [0.05, 0.1) is 5.56 Å². The maximum Gasteiger partial charge on any atom is 0.335 e. The zero-order chi connectivity index (χ0) is 11.4. The molecule has 0 aromatic heterocycles. The van der Waals surface area contributed by atoms with Crippen molar-refractivity contribution in [3.63, 3.8) is 0 Å². The van der Waals surface area contributed by atoms with Crippen LogP contribution in [0.4, 0.5) is 0 Å². The van der Waals surface area contributed by atoms with Gasteiger partial charge in [-0.25, -0.2) is 4.79 Å². The van der Waals surface area contributed by atoms with Gasteiger partial charge in [-0.15, -0.1) is 0 Å². The second-order valence-electron chi connectivity index (χ2n) is 3.59. The molecule has 0 radical (unpaired) electrons. The Hall–Kier alpha value is -1.55. The van der Waals surface area contributed by atoms with Crippen LogP contribution in [0.1, 0.15) is 24.2 Å². The molecule has 0 saturated carbocycles. The number of hydrogen-bond donors (Lipinski definition) is 2. The molecule has 4 nitrogen and oxygen atoms in total. The van der Waals surface area contributed by atoms with Gasteiger partial charge in [-0.05, 0) is 18.2 Å². The van der Waals surface area contributed by atoms with Crippen molar-refractivity contribution in [3.05, 3.63) is 29.8 Å². The molecule has 1 aromatic rings. The largest absolute Gasteiger partial charge is 0.478 e. The lowest BCUT2D eigenvalue weighted by molar-refractivity contribution is -0.0515. The monoisotopic (exact) mass is 210 g/mol. The van der Waals surface area contributed by atoms with E-state index in [-0.39, 0.29) is 11.5 Å². The van der Waals surface area contributed by atoms with E-state index in [4.69, 9.17) is 9.84 Å². The van der Waals surface area contributed by atoms with Crippen LogP contribution in [0, 0.1) is 5.92 Å². The minimum Gasteiger partial charge on any atom is -0.478 e. The van der Waals surface area contributed by atoms with Crippen LogP contribution >= 0.6 is 0 Å². The first-order valence-electron chi connectivity index (χ1n) is 4.69. The van der Waals surface area contributed by atoms with Gasteiger partial charge in [0.2, 0.25) is 0 Å². The number of aliphatic hydroxyl groups is 1. The van der Waals surface area contributed by atoms with Crippen LogP contribution in [0.3, 0.4) is 0 Å². The topological polar surface area (TPSA) is 66.8 Å². The van der Waals surface area contributed by atoms with Gasteiger partial charge in [0.15, 0.2) is 6.29 Å². The smallest absolute Gasteiger partial charge is 0.335 e. The molecule has 0 amide bonds. The summed E-state index contributed by atoms with van der Waals surface area (Å²) in [6.07, 6.45) is -0.922. The molecule has 82 valence electrons. The zero-order valence-electron chi connectivity index (χ0n) is 8.68. The number of carboxylic acids is 1. The summed E-state index contributed by atoms with van der Waals surface area (Å²) >= 11 is 0. The molecule has 0 aliphatic carbocycles. The van der Waals surface area contributed by atoms with E-state index in [1.807, 2.05) is 13.8 Å². The molecule has 15 heavy (non-hydrogen) atoms. The van der Waals surface area contributed by atoms with Crippen LogP contribution in [-0.4, -0.2) is 22.5 Å². The van der Waals surface area contributed by atoms with Gasteiger partial charge in [0, 0.05) is 5.92 Å². The third-order valence-electron chi connectivity index (χ3n) is 1.91. The van der Waals surface area contributed by atoms with Crippen molar-refractivity contribution in [3.8, 4) is 5.75 Å². The highest BCUT2D eigenvalue weighted by Gasteiger charge is 2.11. The molecule has 1 atom stereocenters. The molecule has 4 heteroatoms. The maximum absolute atomic E-state index is 10.7. The first-order valence-corrected chi connectivity index (χ1v) is 4.69. The fourth-order valence-corrected chi connectivity index (χ4v) is 0.978. The molecule has 1 rings (SSSR count). The summed E-state index contributed by atoms with van der Waals surface area (Å²) in [5.41, 5.74) is 0.142. The number of carboxylic acid groups (broad SMARTS) is 1. The van der Waals surface area contributed by atoms with Crippen LogP contribution in [0.25, 0.3) is 0 Å². The van der Waals surface area contributed by atoms with Crippen molar-refractivity contribution in [1.82, 2.24) is 0 Å². The maximum atomic E-state index is 10.7. The van der Waals surface area contributed by atoms with Gasteiger partial charge >= 0.3 is 5.97 Å². The fourth-order valence-electron chi connectivity index (χ4n) is 0.978. The van der Waals surface area contributed by atoms with E-state index in [1.165, 1.54) is 12.1 Å². The third kappa shape index (κ3) is 3.25. The summed E-state index contributed by atoms with van der Waals surface area (Å²) in [6, 6.07) is 6.04. The SMILES string of the molecule is CC(C)C(O)Oc1cccc(C(=O)O)c1. The summed E-state index contributed by atoms with van der Waals surface area (Å²) in [5.74, 6) is -0.700. The van der Waals surface area contributed by atoms with Gasteiger partial charge in [0.25, 0.3) is 0 Å². The molecule has 1 aromatic carbocycles. The average Bonchev–Trinajstić information content (AvgIpc) is 2.18. The quantitative estimate of drug-likeness (QED) is 0.743. The normalized spacial score (nSPS) is 12.5. The molecular formula is C11H14O4. The van der Waals surface area contributed by atoms with Crippen LogP contribution in [0.15, 0.2) is 24.3 Å². The molecule has 0 aliphatic heterocycles. The van der Waals surface area contributed by atoms with Gasteiger partial charge in [-0.2, -0.15) is 0 Å². The molecule has 1 unspecified atom stereocenters. The van der Waals surface area contributed by atoms with Crippen molar-refractivity contribution in [2.45, 2.75) is 20.1 Å². The Balaban J connectivity index is 2.78. The highest BCUT2D eigenvalue weighted by Crippen LogP contribution is 2.16. The van der Waals surface area contributed by atoms with E-state index < -0.39 is 12.3 Å². The minimum absolute atomic E-state index is 0.0431. The number of ether oxygens (including phenoxy) is 1. The Morgan fingerprint density at radius 1 is 1.40 bits per heavy atom. The van der Waals surface area contributed by atoms with Gasteiger partial charge < -0.3 is 14.9 Å². The molecule has 0 bridgehead atoms. The Morgan fingerprint density at radius 2 is 2.07 bits per heavy atom. The summed E-state index contributed by atoms with van der Waals surface area (Å²) in [5, 5.41) is 18.2. The first-order chi connectivity index (χ1) is 7.00. The Labute approximate surface area is 88.1 Å². The summed E-state index contributed by atoms with van der Waals surface area (Å²) in [4.78, 5) is 10.7. The van der Waals surface area contributed by atoms with Crippen LogP contribution in [-0.2, 0) is 0 Å². The fraction of sp³-hybridized carbons (Fsp3) is 0.364. The van der Waals surface area contributed by atoms with Crippen LogP contribution in [0.5, 0.6) is 5.75 Å². The predicted molar refractivity (Wildman–Crippen MR) is 54.9 cm³/mol. The zero-order valence-corrected chi connectivity index (χ0v) is 8.68. The van der Waals surface area contributed by atoms with Crippen molar-refractivity contribution in [2.24, 2.45) is 5.92 Å². The van der Waals surface area contributed by atoms with E-state index in [0.717, 1.165) is 0 Å². The van der Waals surface area contributed by atoms with E-state index in [9.17, 15) is 9.90 Å². The number of benzene rings is 1. The van der Waals surface area contributed by atoms with Gasteiger partial charge in [-0.1, -0.05) is 19.9 Å². The minimum atomic E-state index is -1.01. The van der Waals surface area contributed by atoms with Crippen molar-refractivity contribution >= 4 is 5.97 Å². The highest BCUT2D eigenvalue weighted by atomic mass is 16.6.